The third-order valence-corrected chi connectivity index (χ3v) is 3.80. The molecule has 0 radical (unpaired) electrons. The van der Waals surface area contributed by atoms with Crippen molar-refractivity contribution in [2.24, 2.45) is 0 Å². The third kappa shape index (κ3) is 1.16. The normalized spacial score (nSPS) is 10.8. The molecule has 0 spiro atoms. The van der Waals surface area contributed by atoms with Crippen molar-refractivity contribution < 1.29 is 0 Å². The van der Waals surface area contributed by atoms with Crippen molar-refractivity contribution in [1.82, 2.24) is 9.36 Å². The first-order valence-electron chi connectivity index (χ1n) is 3.05. The molecule has 0 aliphatic heterocycles. The van der Waals surface area contributed by atoms with Crippen LogP contribution in [0.5, 0.6) is 0 Å². The van der Waals surface area contributed by atoms with Crippen LogP contribution >= 0.6 is 45.7 Å². The molecule has 2 aromatic rings. The van der Waals surface area contributed by atoms with Crippen LogP contribution < -0.4 is 5.73 Å². The Labute approximate surface area is 91.2 Å². The van der Waals surface area contributed by atoms with Gasteiger partial charge in [0.25, 0.3) is 0 Å². The lowest BCUT2D eigenvalue weighted by Crippen LogP contribution is -1.86. The summed E-state index contributed by atoms with van der Waals surface area (Å²) in [6.45, 7) is 0. The van der Waals surface area contributed by atoms with Crippen LogP contribution in [0, 0.1) is 3.57 Å². The zero-order valence-corrected chi connectivity index (χ0v) is 9.44. The molecule has 2 N–H and O–H groups in total. The quantitative estimate of drug-likeness (QED) is 0.601. The molecule has 62 valence electrons. The minimum Gasteiger partial charge on any atom is -0.382 e. The minimum absolute atomic E-state index is 0.427. The number of pyridine rings is 1. The first-order chi connectivity index (χ1) is 5.70. The number of aromatic nitrogens is 2. The summed E-state index contributed by atoms with van der Waals surface area (Å²) >= 11 is 9.38. The van der Waals surface area contributed by atoms with Gasteiger partial charge in [-0.2, -0.15) is 4.37 Å². The fourth-order valence-electron chi connectivity index (χ4n) is 0.901. The molecule has 0 unspecified atom stereocenters. The number of fused-ring (bicyclic) bond motifs is 1. The fraction of sp³-hybridized carbons (Fsp3) is 0. The number of rotatable bonds is 0. The van der Waals surface area contributed by atoms with E-state index in [9.17, 15) is 0 Å². The number of nitrogens with two attached hydrogens (primary N) is 1. The van der Waals surface area contributed by atoms with E-state index in [1.54, 1.807) is 6.20 Å². The summed E-state index contributed by atoms with van der Waals surface area (Å²) in [6.07, 6.45) is 1.71. The van der Waals surface area contributed by atoms with Crippen LogP contribution in [0.2, 0.25) is 5.15 Å². The van der Waals surface area contributed by atoms with Crippen LogP contribution in [0.3, 0.4) is 0 Å². The Morgan fingerprint density at radius 3 is 3.00 bits per heavy atom. The van der Waals surface area contributed by atoms with Gasteiger partial charge in [0.15, 0.2) is 0 Å². The number of nitrogens with zero attached hydrogens (tertiary/aromatic N) is 2. The first kappa shape index (κ1) is 8.46. The first-order valence-corrected chi connectivity index (χ1v) is 5.28. The van der Waals surface area contributed by atoms with E-state index < -0.39 is 0 Å². The highest BCUT2D eigenvalue weighted by Gasteiger charge is 2.10. The molecule has 0 saturated heterocycles. The molecule has 0 aliphatic carbocycles. The number of hydrogen-bond acceptors (Lipinski definition) is 4. The van der Waals surface area contributed by atoms with Crippen LogP contribution in [0.25, 0.3) is 10.1 Å². The summed E-state index contributed by atoms with van der Waals surface area (Å²) in [5, 5.41) is 1.20. The fourth-order valence-corrected chi connectivity index (χ4v) is 2.62. The van der Waals surface area contributed by atoms with E-state index in [4.69, 9.17) is 17.3 Å². The van der Waals surface area contributed by atoms with Crippen LogP contribution in [-0.4, -0.2) is 9.36 Å². The highest BCUT2D eigenvalue weighted by Crippen LogP contribution is 2.32. The van der Waals surface area contributed by atoms with Crippen molar-refractivity contribution in [2.75, 3.05) is 5.73 Å². The molecule has 0 atom stereocenters. The summed E-state index contributed by atoms with van der Waals surface area (Å²) in [5.74, 6) is 0.464. The van der Waals surface area contributed by atoms with E-state index in [-0.39, 0.29) is 0 Å². The molecule has 3 nitrogen and oxygen atoms in total. The van der Waals surface area contributed by atoms with Gasteiger partial charge in [-0.3, -0.25) is 0 Å². The minimum atomic E-state index is 0.427. The zero-order chi connectivity index (χ0) is 8.72. The second-order valence-electron chi connectivity index (χ2n) is 2.17. The lowest BCUT2D eigenvalue weighted by Gasteiger charge is -1.94. The molecule has 12 heavy (non-hydrogen) atoms. The second-order valence-corrected chi connectivity index (χ2v) is 4.46. The molecular weight excluding hydrogens is 309 g/mol. The Balaban J connectivity index is 2.98. The average molecular weight is 312 g/mol. The summed E-state index contributed by atoms with van der Waals surface area (Å²) in [4.78, 5) is 3.98. The largest absolute Gasteiger partial charge is 0.382 e. The molecule has 2 heterocycles. The molecule has 0 aliphatic rings. The molecule has 0 saturated carbocycles. The second kappa shape index (κ2) is 2.97. The van der Waals surface area contributed by atoms with E-state index in [1.807, 2.05) is 0 Å². The zero-order valence-electron chi connectivity index (χ0n) is 5.71. The van der Waals surface area contributed by atoms with E-state index in [0.29, 0.717) is 11.0 Å². The predicted octanol–water partition coefficient (Wildman–Crippen LogP) is 2.53. The standard InChI is InChI=1S/C6H3ClIN3S/c7-5-3-4(2(8)1-10-5)12-11-6(3)9/h1H,(H2,9,11). The van der Waals surface area contributed by atoms with Crippen molar-refractivity contribution >= 4 is 61.6 Å². The van der Waals surface area contributed by atoms with E-state index in [2.05, 4.69) is 31.9 Å². The average Bonchev–Trinajstić information content (AvgIpc) is 2.42. The van der Waals surface area contributed by atoms with Gasteiger partial charge in [-0.15, -0.1) is 0 Å². The van der Waals surface area contributed by atoms with E-state index >= 15 is 0 Å². The van der Waals surface area contributed by atoms with Crippen LogP contribution in [0.15, 0.2) is 6.20 Å². The molecule has 0 aromatic carbocycles. The summed E-state index contributed by atoms with van der Waals surface area (Å²) in [7, 11) is 0. The van der Waals surface area contributed by atoms with Crippen LogP contribution in [0.4, 0.5) is 5.82 Å². The molecule has 2 aromatic heterocycles. The molecule has 6 heteroatoms. The van der Waals surface area contributed by atoms with Crippen molar-refractivity contribution in [3.8, 4) is 0 Å². The van der Waals surface area contributed by atoms with Gasteiger partial charge in [0.1, 0.15) is 11.0 Å². The maximum Gasteiger partial charge on any atom is 0.148 e. The Bertz CT molecular complexity index is 442. The number of hydrogen-bond donors (Lipinski definition) is 1. The summed E-state index contributed by atoms with van der Waals surface area (Å²) in [6, 6.07) is 0. The van der Waals surface area contributed by atoms with E-state index in [1.165, 1.54) is 11.5 Å². The lowest BCUT2D eigenvalue weighted by atomic mass is 10.3. The smallest absolute Gasteiger partial charge is 0.148 e. The van der Waals surface area contributed by atoms with Gasteiger partial charge in [-0.05, 0) is 34.1 Å². The van der Waals surface area contributed by atoms with Gasteiger partial charge in [-0.25, -0.2) is 4.98 Å². The lowest BCUT2D eigenvalue weighted by molar-refractivity contribution is 1.35. The molecule has 0 bridgehead atoms. The summed E-state index contributed by atoms with van der Waals surface area (Å²) in [5.41, 5.74) is 5.62. The molecular formula is C6H3ClIN3S. The van der Waals surface area contributed by atoms with Crippen LogP contribution in [-0.2, 0) is 0 Å². The molecule has 0 amide bonds. The van der Waals surface area contributed by atoms with Gasteiger partial charge >= 0.3 is 0 Å². The number of halogens is 2. The van der Waals surface area contributed by atoms with Crippen molar-refractivity contribution in [3.05, 3.63) is 14.9 Å². The van der Waals surface area contributed by atoms with E-state index in [0.717, 1.165) is 13.7 Å². The number of nitrogen functional groups attached to an aromatic ring is 1. The Kier molecular flexibility index (Phi) is 2.09. The SMILES string of the molecule is Nc1nsc2c(I)cnc(Cl)c12. The monoisotopic (exact) mass is 311 g/mol. The van der Waals surface area contributed by atoms with Crippen LogP contribution in [0.1, 0.15) is 0 Å². The Hall–Kier alpha value is -0.140. The van der Waals surface area contributed by atoms with Gasteiger partial charge in [0.05, 0.1) is 13.7 Å². The highest BCUT2D eigenvalue weighted by molar-refractivity contribution is 14.1. The van der Waals surface area contributed by atoms with Gasteiger partial charge in [0.2, 0.25) is 0 Å². The Morgan fingerprint density at radius 2 is 2.33 bits per heavy atom. The predicted molar refractivity (Wildman–Crippen MR) is 59.6 cm³/mol. The maximum atomic E-state index is 5.85. The summed E-state index contributed by atoms with van der Waals surface area (Å²) < 4.78 is 6.04. The van der Waals surface area contributed by atoms with Crippen molar-refractivity contribution in [1.29, 1.82) is 0 Å². The topological polar surface area (TPSA) is 51.8 Å². The molecule has 2 rings (SSSR count). The molecule has 0 fully saturated rings. The Morgan fingerprint density at radius 1 is 1.58 bits per heavy atom. The number of anilines is 1. The highest BCUT2D eigenvalue weighted by atomic mass is 127. The third-order valence-electron chi connectivity index (χ3n) is 1.43. The van der Waals surface area contributed by atoms with Gasteiger partial charge < -0.3 is 5.73 Å². The van der Waals surface area contributed by atoms with Crippen molar-refractivity contribution in [3.63, 3.8) is 0 Å². The van der Waals surface area contributed by atoms with Gasteiger partial charge in [-0.1, -0.05) is 11.6 Å². The van der Waals surface area contributed by atoms with Crippen molar-refractivity contribution in [2.45, 2.75) is 0 Å². The van der Waals surface area contributed by atoms with Gasteiger partial charge in [0, 0.05) is 6.20 Å². The maximum absolute atomic E-state index is 5.85.